The second-order valence-corrected chi connectivity index (χ2v) is 8.82. The van der Waals surface area contributed by atoms with Crippen molar-refractivity contribution in [1.82, 2.24) is 4.31 Å². The monoisotopic (exact) mass is 451 g/mol. The van der Waals surface area contributed by atoms with Gasteiger partial charge in [0.2, 0.25) is 0 Å². The first-order valence-electron chi connectivity index (χ1n) is 9.82. The van der Waals surface area contributed by atoms with E-state index in [-0.39, 0.29) is 23.8 Å². The number of sulfonamides is 1. The van der Waals surface area contributed by atoms with E-state index in [1.807, 2.05) is 30.3 Å². The number of fused-ring (bicyclic) bond motifs is 1. The Labute approximate surface area is 186 Å². The van der Waals surface area contributed by atoms with E-state index < -0.39 is 16.0 Å². The Morgan fingerprint density at radius 3 is 2.25 bits per heavy atom. The number of carbonyl (C=O) groups is 1. The Kier molecular flexibility index (Phi) is 6.13. The third-order valence-electron chi connectivity index (χ3n) is 4.82. The van der Waals surface area contributed by atoms with Crippen LogP contribution in [0.3, 0.4) is 0 Å². The van der Waals surface area contributed by atoms with E-state index in [4.69, 9.17) is 14.2 Å². The zero-order valence-electron chi connectivity index (χ0n) is 17.3. The molecule has 3 aromatic carbocycles. The first-order chi connectivity index (χ1) is 15.5. The van der Waals surface area contributed by atoms with Crippen LogP contribution >= 0.6 is 0 Å². The van der Waals surface area contributed by atoms with E-state index in [2.05, 4.69) is 0 Å². The van der Waals surface area contributed by atoms with Crippen molar-refractivity contribution in [3.63, 3.8) is 0 Å². The molecule has 0 N–H and O–H groups in total. The molecule has 0 fully saturated rings. The fourth-order valence-electron chi connectivity index (χ4n) is 3.23. The highest BCUT2D eigenvalue weighted by molar-refractivity contribution is 7.89. The van der Waals surface area contributed by atoms with Crippen LogP contribution in [-0.2, 0) is 26.1 Å². The summed E-state index contributed by atoms with van der Waals surface area (Å²) in [6.07, 6.45) is 1.34. The van der Waals surface area contributed by atoms with Gasteiger partial charge in [0.05, 0.1) is 24.7 Å². The summed E-state index contributed by atoms with van der Waals surface area (Å²) in [6, 6.07) is 22.4. The minimum Gasteiger partial charge on any atom is -0.497 e. The first-order valence-corrected chi connectivity index (χ1v) is 11.3. The van der Waals surface area contributed by atoms with Crippen molar-refractivity contribution in [2.75, 3.05) is 13.7 Å². The second-order valence-electron chi connectivity index (χ2n) is 6.96. The SMILES string of the molecule is COc1ccc(OCC(=O)OC2=CN(Cc3ccccc3)S(=O)(=O)c3ccccc32)cc1. The van der Waals surface area contributed by atoms with Crippen LogP contribution in [0, 0.1) is 0 Å². The summed E-state index contributed by atoms with van der Waals surface area (Å²) in [5, 5.41) is 0. The molecule has 0 saturated carbocycles. The van der Waals surface area contributed by atoms with Gasteiger partial charge in [0, 0.05) is 5.56 Å². The van der Waals surface area contributed by atoms with Crippen LogP contribution in [0.15, 0.2) is 90.0 Å². The quantitative estimate of drug-likeness (QED) is 0.508. The molecule has 0 radical (unpaired) electrons. The van der Waals surface area contributed by atoms with Gasteiger partial charge in [-0.3, -0.25) is 4.31 Å². The van der Waals surface area contributed by atoms with Crippen molar-refractivity contribution in [1.29, 1.82) is 0 Å². The van der Waals surface area contributed by atoms with E-state index in [0.29, 0.717) is 17.1 Å². The van der Waals surface area contributed by atoms with Crippen LogP contribution in [0.1, 0.15) is 11.1 Å². The van der Waals surface area contributed by atoms with E-state index >= 15 is 0 Å². The van der Waals surface area contributed by atoms with E-state index in [0.717, 1.165) is 5.56 Å². The van der Waals surface area contributed by atoms with Crippen molar-refractivity contribution < 1.29 is 27.4 Å². The molecule has 0 spiro atoms. The lowest BCUT2D eigenvalue weighted by Gasteiger charge is -2.27. The number of hydrogen-bond acceptors (Lipinski definition) is 6. The number of ether oxygens (including phenoxy) is 3. The lowest BCUT2D eigenvalue weighted by Crippen LogP contribution is -2.30. The molecule has 0 unspecified atom stereocenters. The summed E-state index contributed by atoms with van der Waals surface area (Å²) in [5.74, 6) is 0.646. The highest BCUT2D eigenvalue weighted by atomic mass is 32.2. The molecule has 0 atom stereocenters. The van der Waals surface area contributed by atoms with Gasteiger partial charge in [-0.05, 0) is 42.0 Å². The van der Waals surface area contributed by atoms with Crippen LogP contribution in [-0.4, -0.2) is 32.4 Å². The van der Waals surface area contributed by atoms with E-state index in [1.54, 1.807) is 49.6 Å². The van der Waals surface area contributed by atoms with Crippen LogP contribution in [0.2, 0.25) is 0 Å². The van der Waals surface area contributed by atoms with Crippen LogP contribution < -0.4 is 9.47 Å². The zero-order chi connectivity index (χ0) is 22.6. The Bertz CT molecular complexity index is 1240. The molecule has 0 saturated heterocycles. The van der Waals surface area contributed by atoms with E-state index in [1.165, 1.54) is 16.6 Å². The molecule has 0 bridgehead atoms. The van der Waals surface area contributed by atoms with Crippen LogP contribution in [0.25, 0.3) is 5.76 Å². The average Bonchev–Trinajstić information content (AvgIpc) is 2.82. The van der Waals surface area contributed by atoms with Crippen molar-refractivity contribution in [2.24, 2.45) is 0 Å². The number of methoxy groups -OCH3 is 1. The Balaban J connectivity index is 1.54. The lowest BCUT2D eigenvalue weighted by atomic mass is 10.2. The van der Waals surface area contributed by atoms with Gasteiger partial charge in [-0.25, -0.2) is 13.2 Å². The molecule has 7 nitrogen and oxygen atoms in total. The normalized spacial score (nSPS) is 14.2. The maximum absolute atomic E-state index is 13.1. The maximum Gasteiger partial charge on any atom is 0.349 e. The maximum atomic E-state index is 13.1. The van der Waals surface area contributed by atoms with Crippen molar-refractivity contribution in [3.8, 4) is 11.5 Å². The lowest BCUT2D eigenvalue weighted by molar-refractivity contribution is -0.139. The molecule has 8 heteroatoms. The standard InChI is InChI=1S/C24H21NO6S/c1-29-19-11-13-20(14-12-19)30-17-24(26)31-22-16-25(15-18-7-3-2-4-8-18)32(27,28)23-10-6-5-9-21(22)23/h2-14,16H,15,17H2,1H3. The van der Waals surface area contributed by atoms with Crippen LogP contribution in [0.4, 0.5) is 0 Å². The molecule has 4 rings (SSSR count). The minimum atomic E-state index is -3.79. The fraction of sp³-hybridized carbons (Fsp3) is 0.125. The second kappa shape index (κ2) is 9.15. The van der Waals surface area contributed by atoms with Gasteiger partial charge in [-0.1, -0.05) is 42.5 Å². The molecule has 1 heterocycles. The Morgan fingerprint density at radius 2 is 1.53 bits per heavy atom. The predicted octanol–water partition coefficient (Wildman–Crippen LogP) is 3.82. The van der Waals surface area contributed by atoms with Gasteiger partial charge in [0.25, 0.3) is 10.0 Å². The zero-order valence-corrected chi connectivity index (χ0v) is 18.1. The molecule has 0 aliphatic carbocycles. The van der Waals surface area contributed by atoms with Gasteiger partial charge in [0.15, 0.2) is 12.4 Å². The summed E-state index contributed by atoms with van der Waals surface area (Å²) < 4.78 is 43.5. The Hall–Kier alpha value is -3.78. The molecule has 0 amide bonds. The third-order valence-corrected chi connectivity index (χ3v) is 6.59. The van der Waals surface area contributed by atoms with Gasteiger partial charge >= 0.3 is 5.97 Å². The molecule has 1 aliphatic heterocycles. The predicted molar refractivity (Wildman–Crippen MR) is 118 cm³/mol. The van der Waals surface area contributed by atoms with Crippen molar-refractivity contribution >= 4 is 21.8 Å². The number of esters is 1. The van der Waals surface area contributed by atoms with Crippen molar-refractivity contribution in [2.45, 2.75) is 11.4 Å². The number of nitrogens with zero attached hydrogens (tertiary/aromatic N) is 1. The summed E-state index contributed by atoms with van der Waals surface area (Å²) in [4.78, 5) is 12.5. The molecule has 164 valence electrons. The number of hydrogen-bond donors (Lipinski definition) is 0. The minimum absolute atomic E-state index is 0.0808. The van der Waals surface area contributed by atoms with Crippen LogP contribution in [0.5, 0.6) is 11.5 Å². The summed E-state index contributed by atoms with van der Waals surface area (Å²) >= 11 is 0. The van der Waals surface area contributed by atoms with Gasteiger partial charge in [-0.2, -0.15) is 0 Å². The van der Waals surface area contributed by atoms with Gasteiger partial charge < -0.3 is 14.2 Å². The third kappa shape index (κ3) is 4.60. The smallest absolute Gasteiger partial charge is 0.349 e. The van der Waals surface area contributed by atoms with Gasteiger partial charge in [0.1, 0.15) is 11.5 Å². The largest absolute Gasteiger partial charge is 0.497 e. The number of carbonyl (C=O) groups excluding carboxylic acids is 1. The van der Waals surface area contributed by atoms with E-state index in [9.17, 15) is 13.2 Å². The molecule has 1 aliphatic rings. The molecular weight excluding hydrogens is 430 g/mol. The number of benzene rings is 3. The highest BCUT2D eigenvalue weighted by Gasteiger charge is 2.32. The summed E-state index contributed by atoms with van der Waals surface area (Å²) in [5.41, 5.74) is 1.13. The average molecular weight is 452 g/mol. The van der Waals surface area contributed by atoms with Gasteiger partial charge in [-0.15, -0.1) is 0 Å². The number of rotatable bonds is 7. The summed E-state index contributed by atoms with van der Waals surface area (Å²) in [7, 11) is -2.23. The topological polar surface area (TPSA) is 82.1 Å². The Morgan fingerprint density at radius 1 is 0.875 bits per heavy atom. The fourth-order valence-corrected chi connectivity index (χ4v) is 4.74. The molecule has 0 aromatic heterocycles. The first kappa shape index (κ1) is 21.5. The molecule has 32 heavy (non-hydrogen) atoms. The molecular formula is C24H21NO6S. The van der Waals surface area contributed by atoms with Crippen molar-refractivity contribution in [3.05, 3.63) is 96.2 Å². The highest BCUT2D eigenvalue weighted by Crippen LogP contribution is 2.34. The molecule has 3 aromatic rings. The summed E-state index contributed by atoms with van der Waals surface area (Å²) in [6.45, 7) is -0.224.